The van der Waals surface area contributed by atoms with Crippen LogP contribution in [0.5, 0.6) is 0 Å². The maximum atomic E-state index is 11.5. The van der Waals surface area contributed by atoms with Gasteiger partial charge in [-0.05, 0) is 6.42 Å². The normalized spacial score (nSPS) is 10.4. The SMILES string of the molecule is CCCNC(=O)CNc1nc(NC)nc2nc[nH]c12. The van der Waals surface area contributed by atoms with Crippen LogP contribution in [0.4, 0.5) is 11.8 Å². The molecule has 4 N–H and O–H groups in total. The van der Waals surface area contributed by atoms with Gasteiger partial charge in [0.05, 0.1) is 12.9 Å². The summed E-state index contributed by atoms with van der Waals surface area (Å²) >= 11 is 0. The molecule has 0 unspecified atom stereocenters. The first-order valence-corrected chi connectivity index (χ1v) is 6.14. The molecule has 102 valence electrons. The smallest absolute Gasteiger partial charge is 0.239 e. The van der Waals surface area contributed by atoms with Gasteiger partial charge in [0, 0.05) is 13.6 Å². The molecule has 0 spiro atoms. The molecule has 1 amide bonds. The number of nitrogens with one attached hydrogen (secondary N) is 4. The number of H-pyrrole nitrogens is 1. The van der Waals surface area contributed by atoms with Crippen LogP contribution in [0.2, 0.25) is 0 Å². The van der Waals surface area contributed by atoms with E-state index in [1.165, 1.54) is 0 Å². The van der Waals surface area contributed by atoms with Crippen molar-refractivity contribution in [1.82, 2.24) is 25.3 Å². The van der Waals surface area contributed by atoms with Crippen LogP contribution in [-0.2, 0) is 4.79 Å². The zero-order valence-electron chi connectivity index (χ0n) is 10.9. The molecule has 0 bridgehead atoms. The molecule has 0 aliphatic carbocycles. The minimum Gasteiger partial charge on any atom is -0.359 e. The number of aromatic amines is 1. The first-order valence-electron chi connectivity index (χ1n) is 6.14. The lowest BCUT2D eigenvalue weighted by Crippen LogP contribution is -2.30. The minimum absolute atomic E-state index is 0.0702. The molecule has 0 fully saturated rings. The van der Waals surface area contributed by atoms with Gasteiger partial charge in [0.1, 0.15) is 5.52 Å². The molecule has 8 nitrogen and oxygen atoms in total. The second kappa shape index (κ2) is 5.98. The van der Waals surface area contributed by atoms with Crippen LogP contribution in [0.25, 0.3) is 11.2 Å². The minimum atomic E-state index is -0.0702. The fourth-order valence-electron chi connectivity index (χ4n) is 1.56. The van der Waals surface area contributed by atoms with Gasteiger partial charge in [-0.3, -0.25) is 4.79 Å². The molecule has 0 aliphatic heterocycles. The van der Waals surface area contributed by atoms with E-state index in [9.17, 15) is 4.79 Å². The first-order chi connectivity index (χ1) is 9.24. The highest BCUT2D eigenvalue weighted by molar-refractivity contribution is 5.87. The molecule has 2 aromatic rings. The fourth-order valence-corrected chi connectivity index (χ4v) is 1.56. The van der Waals surface area contributed by atoms with E-state index in [2.05, 4.69) is 35.9 Å². The molecule has 8 heteroatoms. The number of rotatable bonds is 6. The zero-order valence-corrected chi connectivity index (χ0v) is 10.9. The van der Waals surface area contributed by atoms with E-state index in [4.69, 9.17) is 0 Å². The fraction of sp³-hybridized carbons (Fsp3) is 0.455. The predicted molar refractivity (Wildman–Crippen MR) is 73.0 cm³/mol. The lowest BCUT2D eigenvalue weighted by Gasteiger charge is -2.08. The maximum absolute atomic E-state index is 11.5. The molecule has 0 aromatic carbocycles. The average Bonchev–Trinajstić information content (AvgIpc) is 2.90. The Morgan fingerprint density at radius 3 is 3.00 bits per heavy atom. The number of hydrogen-bond acceptors (Lipinski definition) is 6. The molecule has 0 saturated carbocycles. The molecule has 19 heavy (non-hydrogen) atoms. The van der Waals surface area contributed by atoms with Crippen molar-refractivity contribution in [2.75, 3.05) is 30.8 Å². The molecule has 0 saturated heterocycles. The van der Waals surface area contributed by atoms with Crippen LogP contribution in [0.1, 0.15) is 13.3 Å². The lowest BCUT2D eigenvalue weighted by atomic mass is 10.4. The number of amides is 1. The molecular weight excluding hydrogens is 246 g/mol. The Labute approximate surface area is 110 Å². The average molecular weight is 263 g/mol. The molecule has 2 heterocycles. The van der Waals surface area contributed by atoms with Crippen LogP contribution in [0.3, 0.4) is 0 Å². The summed E-state index contributed by atoms with van der Waals surface area (Å²) in [5.74, 6) is 0.939. The van der Waals surface area contributed by atoms with Gasteiger partial charge in [0.2, 0.25) is 11.9 Å². The Bertz CT molecular complexity index is 565. The van der Waals surface area contributed by atoms with Gasteiger partial charge >= 0.3 is 0 Å². The third kappa shape index (κ3) is 3.09. The van der Waals surface area contributed by atoms with Crippen LogP contribution >= 0.6 is 0 Å². The Morgan fingerprint density at radius 2 is 2.26 bits per heavy atom. The molecule has 2 rings (SSSR count). The quantitative estimate of drug-likeness (QED) is 0.598. The summed E-state index contributed by atoms with van der Waals surface area (Å²) in [5.41, 5.74) is 1.23. The Morgan fingerprint density at radius 1 is 1.42 bits per heavy atom. The van der Waals surface area contributed by atoms with Gasteiger partial charge in [0.25, 0.3) is 0 Å². The highest BCUT2D eigenvalue weighted by atomic mass is 16.1. The van der Waals surface area contributed by atoms with Crippen LogP contribution in [0.15, 0.2) is 6.33 Å². The first kappa shape index (κ1) is 13.1. The maximum Gasteiger partial charge on any atom is 0.239 e. The Hall–Kier alpha value is -2.38. The third-order valence-corrected chi connectivity index (χ3v) is 2.50. The van der Waals surface area contributed by atoms with Crippen molar-refractivity contribution in [1.29, 1.82) is 0 Å². The van der Waals surface area contributed by atoms with E-state index >= 15 is 0 Å². The lowest BCUT2D eigenvalue weighted by molar-refractivity contribution is -0.119. The second-order valence-corrected chi connectivity index (χ2v) is 3.95. The van der Waals surface area contributed by atoms with E-state index in [1.807, 2.05) is 6.92 Å². The number of hydrogen-bond donors (Lipinski definition) is 4. The summed E-state index contributed by atoms with van der Waals surface area (Å²) in [5, 5.41) is 8.62. The van der Waals surface area contributed by atoms with Gasteiger partial charge < -0.3 is 20.9 Å². The van der Waals surface area contributed by atoms with Gasteiger partial charge in [-0.25, -0.2) is 4.98 Å². The number of fused-ring (bicyclic) bond motifs is 1. The van der Waals surface area contributed by atoms with Gasteiger partial charge in [-0.15, -0.1) is 0 Å². The predicted octanol–water partition coefficient (Wildman–Crippen LogP) is 0.333. The molecule has 2 aromatic heterocycles. The van der Waals surface area contributed by atoms with Crippen LogP contribution < -0.4 is 16.0 Å². The summed E-state index contributed by atoms with van der Waals surface area (Å²) in [7, 11) is 1.73. The number of carbonyl (C=O) groups is 1. The van der Waals surface area contributed by atoms with Crippen molar-refractivity contribution in [3.8, 4) is 0 Å². The Kier molecular flexibility index (Phi) is 4.11. The summed E-state index contributed by atoms with van der Waals surface area (Å²) in [6.07, 6.45) is 2.45. The van der Waals surface area contributed by atoms with Crippen LogP contribution in [-0.4, -0.2) is 46.0 Å². The summed E-state index contributed by atoms with van der Waals surface area (Å²) < 4.78 is 0. The summed E-state index contributed by atoms with van der Waals surface area (Å²) in [6.45, 7) is 2.84. The van der Waals surface area contributed by atoms with Crippen molar-refractivity contribution in [3.63, 3.8) is 0 Å². The highest BCUT2D eigenvalue weighted by Gasteiger charge is 2.10. The van der Waals surface area contributed by atoms with Crippen LogP contribution in [0, 0.1) is 0 Å². The van der Waals surface area contributed by atoms with E-state index in [0.717, 1.165) is 6.42 Å². The van der Waals surface area contributed by atoms with Gasteiger partial charge in [0.15, 0.2) is 11.5 Å². The standard InChI is InChI=1S/C11H17N7O/c1-3-4-13-7(19)5-14-9-8-10(16-6-15-8)18-11(12-2)17-9/h6H,3-5H2,1-2H3,(H,13,19)(H3,12,14,15,16,17,18). The van der Waals surface area contributed by atoms with Crippen molar-refractivity contribution < 1.29 is 4.79 Å². The topological polar surface area (TPSA) is 108 Å². The summed E-state index contributed by atoms with van der Waals surface area (Å²) in [6, 6.07) is 0. The van der Waals surface area contributed by atoms with Gasteiger partial charge in [-0.2, -0.15) is 9.97 Å². The number of imidazole rings is 1. The molecule has 0 radical (unpaired) electrons. The molecular formula is C11H17N7O. The number of carbonyl (C=O) groups excluding carboxylic acids is 1. The van der Waals surface area contributed by atoms with E-state index < -0.39 is 0 Å². The number of aromatic nitrogens is 4. The summed E-state index contributed by atoms with van der Waals surface area (Å²) in [4.78, 5) is 27.0. The van der Waals surface area contributed by atoms with E-state index in [0.29, 0.717) is 29.5 Å². The van der Waals surface area contributed by atoms with Gasteiger partial charge in [-0.1, -0.05) is 6.92 Å². The van der Waals surface area contributed by atoms with Crippen molar-refractivity contribution >= 4 is 28.8 Å². The van der Waals surface area contributed by atoms with Crippen molar-refractivity contribution in [2.45, 2.75) is 13.3 Å². The largest absolute Gasteiger partial charge is 0.359 e. The number of nitrogens with zero attached hydrogens (tertiary/aromatic N) is 3. The molecule has 0 atom stereocenters. The Balaban J connectivity index is 2.10. The third-order valence-electron chi connectivity index (χ3n) is 2.50. The molecule has 0 aliphatic rings. The van der Waals surface area contributed by atoms with Crippen molar-refractivity contribution in [3.05, 3.63) is 6.33 Å². The highest BCUT2D eigenvalue weighted by Crippen LogP contribution is 2.17. The monoisotopic (exact) mass is 263 g/mol. The zero-order chi connectivity index (χ0) is 13.7. The van der Waals surface area contributed by atoms with E-state index in [1.54, 1.807) is 13.4 Å². The number of anilines is 2. The van der Waals surface area contributed by atoms with Crippen molar-refractivity contribution in [2.24, 2.45) is 0 Å². The van der Waals surface area contributed by atoms with E-state index in [-0.39, 0.29) is 12.5 Å². The second-order valence-electron chi connectivity index (χ2n) is 3.95.